The van der Waals surface area contributed by atoms with Gasteiger partial charge in [0.05, 0.1) is 13.5 Å². The number of carbonyl (C=O) groups excluding carboxylic acids is 1. The van der Waals surface area contributed by atoms with Gasteiger partial charge in [-0.1, -0.05) is 24.3 Å². The first-order valence-corrected chi connectivity index (χ1v) is 6.34. The van der Waals surface area contributed by atoms with Crippen molar-refractivity contribution in [2.75, 3.05) is 7.11 Å². The molecule has 0 N–H and O–H groups in total. The quantitative estimate of drug-likeness (QED) is 0.787. The minimum absolute atomic E-state index is 0.222. The van der Waals surface area contributed by atoms with Gasteiger partial charge in [0.2, 0.25) is 0 Å². The molecule has 4 nitrogen and oxygen atoms in total. The van der Waals surface area contributed by atoms with Gasteiger partial charge in [-0.25, -0.2) is 0 Å². The third kappa shape index (κ3) is 2.45. The Morgan fingerprint density at radius 2 is 2.00 bits per heavy atom. The first kappa shape index (κ1) is 12.5. The number of carbonyl (C=O) groups is 1. The molecule has 0 radical (unpaired) electrons. The maximum absolute atomic E-state index is 11.3. The van der Waals surface area contributed by atoms with Crippen LogP contribution in [0.2, 0.25) is 0 Å². The number of rotatable bonds is 2. The van der Waals surface area contributed by atoms with E-state index < -0.39 is 0 Å². The van der Waals surface area contributed by atoms with Crippen molar-refractivity contribution < 1.29 is 19.0 Å². The molecule has 4 heteroatoms. The molecule has 1 heterocycles. The molecule has 1 aliphatic heterocycles. The van der Waals surface area contributed by atoms with Gasteiger partial charge >= 0.3 is 5.97 Å². The first-order chi connectivity index (χ1) is 9.76. The lowest BCUT2D eigenvalue weighted by atomic mass is 10.1. The predicted octanol–water partition coefficient (Wildman–Crippen LogP) is 3.09. The Bertz CT molecular complexity index is 649. The standard InChI is InChI=1S/C16H14O4/c1-18-16(17)9-11-6-7-14-15(8-11)19-10-12-4-2-3-5-13(12)20-14/h2-8H,9-10H2,1H3. The smallest absolute Gasteiger partial charge is 0.309 e. The largest absolute Gasteiger partial charge is 0.485 e. The van der Waals surface area contributed by atoms with Crippen molar-refractivity contribution in [1.29, 1.82) is 0 Å². The van der Waals surface area contributed by atoms with E-state index in [-0.39, 0.29) is 12.4 Å². The second-order valence-corrected chi connectivity index (χ2v) is 4.53. The van der Waals surface area contributed by atoms with E-state index in [1.165, 1.54) is 7.11 Å². The van der Waals surface area contributed by atoms with Gasteiger partial charge in [0, 0.05) is 5.56 Å². The van der Waals surface area contributed by atoms with Crippen LogP contribution in [0.5, 0.6) is 17.2 Å². The highest BCUT2D eigenvalue weighted by molar-refractivity contribution is 5.72. The van der Waals surface area contributed by atoms with Crippen molar-refractivity contribution in [3.8, 4) is 17.2 Å². The molecule has 102 valence electrons. The van der Waals surface area contributed by atoms with Gasteiger partial charge in [0.25, 0.3) is 0 Å². The van der Waals surface area contributed by atoms with Crippen LogP contribution >= 0.6 is 0 Å². The second kappa shape index (κ2) is 5.25. The fourth-order valence-electron chi connectivity index (χ4n) is 2.09. The van der Waals surface area contributed by atoms with Gasteiger partial charge in [-0.15, -0.1) is 0 Å². The molecule has 3 rings (SSSR count). The number of fused-ring (bicyclic) bond motifs is 2. The van der Waals surface area contributed by atoms with Crippen molar-refractivity contribution in [2.45, 2.75) is 13.0 Å². The molecule has 0 bridgehead atoms. The minimum atomic E-state index is -0.275. The van der Waals surface area contributed by atoms with Crippen molar-refractivity contribution in [3.05, 3.63) is 53.6 Å². The van der Waals surface area contributed by atoms with E-state index in [0.717, 1.165) is 16.9 Å². The van der Waals surface area contributed by atoms with Crippen molar-refractivity contribution in [1.82, 2.24) is 0 Å². The summed E-state index contributed by atoms with van der Waals surface area (Å²) in [6, 6.07) is 13.2. The summed E-state index contributed by atoms with van der Waals surface area (Å²) in [6.45, 7) is 0.449. The Morgan fingerprint density at radius 1 is 1.15 bits per heavy atom. The van der Waals surface area contributed by atoms with E-state index in [1.54, 1.807) is 0 Å². The molecule has 1 aliphatic rings. The number of ether oxygens (including phenoxy) is 3. The fraction of sp³-hybridized carbons (Fsp3) is 0.188. The number of hydrogen-bond acceptors (Lipinski definition) is 4. The van der Waals surface area contributed by atoms with E-state index in [1.807, 2.05) is 42.5 Å². The maximum Gasteiger partial charge on any atom is 0.309 e. The van der Waals surface area contributed by atoms with Gasteiger partial charge in [0.15, 0.2) is 11.5 Å². The molecule has 0 saturated carbocycles. The molecule has 0 amide bonds. The van der Waals surface area contributed by atoms with E-state index >= 15 is 0 Å². The highest BCUT2D eigenvalue weighted by atomic mass is 16.5. The van der Waals surface area contributed by atoms with Crippen LogP contribution in [0.25, 0.3) is 0 Å². The third-order valence-electron chi connectivity index (χ3n) is 3.16. The fourth-order valence-corrected chi connectivity index (χ4v) is 2.09. The molecule has 2 aromatic rings. The van der Waals surface area contributed by atoms with Crippen LogP contribution in [0.1, 0.15) is 11.1 Å². The summed E-state index contributed by atoms with van der Waals surface area (Å²) in [5.41, 5.74) is 1.84. The normalized spacial score (nSPS) is 12.2. The van der Waals surface area contributed by atoms with E-state index in [0.29, 0.717) is 18.1 Å². The summed E-state index contributed by atoms with van der Waals surface area (Å²) in [4.78, 5) is 11.3. The summed E-state index contributed by atoms with van der Waals surface area (Å²) in [5, 5.41) is 0. The Labute approximate surface area is 116 Å². The number of para-hydroxylation sites is 1. The topological polar surface area (TPSA) is 44.8 Å². The Hall–Kier alpha value is -2.49. The molecule has 0 saturated heterocycles. The van der Waals surface area contributed by atoms with Gasteiger partial charge in [-0.2, -0.15) is 0 Å². The minimum Gasteiger partial charge on any atom is -0.485 e. The average Bonchev–Trinajstić information content (AvgIpc) is 2.66. The van der Waals surface area contributed by atoms with E-state index in [2.05, 4.69) is 4.74 Å². The summed E-state index contributed by atoms with van der Waals surface area (Å²) in [6.07, 6.45) is 0.222. The van der Waals surface area contributed by atoms with Crippen molar-refractivity contribution >= 4 is 5.97 Å². The Kier molecular flexibility index (Phi) is 3.29. The number of methoxy groups -OCH3 is 1. The highest BCUT2D eigenvalue weighted by Crippen LogP contribution is 2.37. The summed E-state index contributed by atoms with van der Waals surface area (Å²) < 4.78 is 16.3. The van der Waals surface area contributed by atoms with Crippen LogP contribution < -0.4 is 9.47 Å². The second-order valence-electron chi connectivity index (χ2n) is 4.53. The number of benzene rings is 2. The van der Waals surface area contributed by atoms with Gasteiger partial charge in [-0.05, 0) is 23.8 Å². The lowest BCUT2D eigenvalue weighted by molar-refractivity contribution is -0.139. The summed E-state index contributed by atoms with van der Waals surface area (Å²) in [7, 11) is 1.38. The Balaban J connectivity index is 1.89. The maximum atomic E-state index is 11.3. The summed E-state index contributed by atoms with van der Waals surface area (Å²) >= 11 is 0. The zero-order chi connectivity index (χ0) is 13.9. The monoisotopic (exact) mass is 270 g/mol. The molecular formula is C16H14O4. The molecule has 0 aromatic heterocycles. The molecule has 0 atom stereocenters. The SMILES string of the molecule is COC(=O)Cc1ccc2c(c1)OCc1ccccc1O2. The van der Waals surface area contributed by atoms with Crippen molar-refractivity contribution in [3.63, 3.8) is 0 Å². The van der Waals surface area contributed by atoms with Gasteiger partial charge < -0.3 is 14.2 Å². The molecule has 0 aliphatic carbocycles. The van der Waals surface area contributed by atoms with Crippen LogP contribution in [0, 0.1) is 0 Å². The molecule has 0 spiro atoms. The molecule has 20 heavy (non-hydrogen) atoms. The number of hydrogen-bond donors (Lipinski definition) is 0. The van der Waals surface area contributed by atoms with Crippen molar-refractivity contribution in [2.24, 2.45) is 0 Å². The predicted molar refractivity (Wildman–Crippen MR) is 73.0 cm³/mol. The average molecular weight is 270 g/mol. The molecule has 0 fully saturated rings. The highest BCUT2D eigenvalue weighted by Gasteiger charge is 2.16. The van der Waals surface area contributed by atoms with E-state index in [4.69, 9.17) is 9.47 Å². The molecule has 0 unspecified atom stereocenters. The zero-order valence-corrected chi connectivity index (χ0v) is 11.1. The van der Waals surface area contributed by atoms with Crippen LogP contribution in [-0.4, -0.2) is 13.1 Å². The number of esters is 1. The third-order valence-corrected chi connectivity index (χ3v) is 3.16. The van der Waals surface area contributed by atoms with Crippen LogP contribution in [0.4, 0.5) is 0 Å². The van der Waals surface area contributed by atoms with Gasteiger partial charge in [-0.3, -0.25) is 4.79 Å². The molecular weight excluding hydrogens is 256 g/mol. The van der Waals surface area contributed by atoms with Crippen LogP contribution in [-0.2, 0) is 22.6 Å². The van der Waals surface area contributed by atoms with Crippen LogP contribution in [0.15, 0.2) is 42.5 Å². The zero-order valence-electron chi connectivity index (χ0n) is 11.1. The summed E-state index contributed by atoms with van der Waals surface area (Å²) in [5.74, 6) is 1.82. The lowest BCUT2D eigenvalue weighted by Crippen LogP contribution is -2.04. The molecule has 2 aromatic carbocycles. The lowest BCUT2D eigenvalue weighted by Gasteiger charge is -2.09. The van der Waals surface area contributed by atoms with E-state index in [9.17, 15) is 4.79 Å². The first-order valence-electron chi connectivity index (χ1n) is 6.34. The van der Waals surface area contributed by atoms with Crippen LogP contribution in [0.3, 0.4) is 0 Å². The Morgan fingerprint density at radius 3 is 2.85 bits per heavy atom. The van der Waals surface area contributed by atoms with Gasteiger partial charge in [0.1, 0.15) is 12.4 Å².